The lowest BCUT2D eigenvalue weighted by atomic mass is 9.92. The molecule has 35 heavy (non-hydrogen) atoms. The minimum Gasteiger partial charge on any atom is -0.381 e. The molecule has 0 aliphatic carbocycles. The molecule has 3 aromatic carbocycles. The minimum atomic E-state index is -1.96. The summed E-state index contributed by atoms with van der Waals surface area (Å²) in [7, 11) is 0. The molecule has 1 heterocycles. The van der Waals surface area contributed by atoms with Crippen molar-refractivity contribution >= 4 is 5.91 Å². The molecule has 4 aromatic rings. The van der Waals surface area contributed by atoms with Gasteiger partial charge in [0.2, 0.25) is 5.91 Å². The molecule has 0 aliphatic rings. The number of amides is 1. The van der Waals surface area contributed by atoms with E-state index in [1.807, 2.05) is 18.2 Å². The summed E-state index contributed by atoms with van der Waals surface area (Å²) in [5, 5.41) is 17.8. The van der Waals surface area contributed by atoms with Crippen LogP contribution in [0.3, 0.4) is 0 Å². The Morgan fingerprint density at radius 2 is 1.83 bits per heavy atom. The number of carbonyl (C=O) groups excluding carboxylic acids is 1. The molecule has 6 nitrogen and oxygen atoms in total. The monoisotopic (exact) mass is 480 g/mol. The molecule has 0 aliphatic heterocycles. The second-order valence-electron chi connectivity index (χ2n) is 8.29. The Balaban J connectivity index is 1.53. The summed E-state index contributed by atoms with van der Waals surface area (Å²) >= 11 is 0. The van der Waals surface area contributed by atoms with Crippen LogP contribution in [0.15, 0.2) is 79.4 Å². The van der Waals surface area contributed by atoms with Crippen molar-refractivity contribution in [1.82, 2.24) is 20.1 Å². The van der Waals surface area contributed by atoms with Crippen molar-refractivity contribution in [3.63, 3.8) is 0 Å². The Labute approximate surface area is 200 Å². The van der Waals surface area contributed by atoms with Crippen molar-refractivity contribution < 1.29 is 23.1 Å². The number of rotatable bonds is 8. The van der Waals surface area contributed by atoms with Crippen molar-refractivity contribution in [3.05, 3.63) is 108 Å². The lowest BCUT2D eigenvalue weighted by molar-refractivity contribution is -0.123. The Morgan fingerprint density at radius 1 is 1.06 bits per heavy atom. The maximum atomic E-state index is 14.8. The quantitative estimate of drug-likeness (QED) is 0.397. The van der Waals surface area contributed by atoms with Crippen LogP contribution < -0.4 is 5.32 Å². The SMILES string of the molecule is C[C@@H](C(=O)NC[C@](O)(Cn1cncn1)c1ccc(F)cc1F)c1ccc(-c2ccccc2)c(F)c1. The van der Waals surface area contributed by atoms with E-state index in [4.69, 9.17) is 0 Å². The van der Waals surface area contributed by atoms with Crippen molar-refractivity contribution in [1.29, 1.82) is 0 Å². The van der Waals surface area contributed by atoms with Gasteiger partial charge in [0.15, 0.2) is 0 Å². The van der Waals surface area contributed by atoms with E-state index >= 15 is 0 Å². The van der Waals surface area contributed by atoms with Crippen LogP contribution in [-0.2, 0) is 16.9 Å². The van der Waals surface area contributed by atoms with Crippen LogP contribution in [0.2, 0.25) is 0 Å². The van der Waals surface area contributed by atoms with Gasteiger partial charge in [0.25, 0.3) is 0 Å². The fraction of sp³-hybridized carbons (Fsp3) is 0.192. The number of hydrogen-bond acceptors (Lipinski definition) is 4. The summed E-state index contributed by atoms with van der Waals surface area (Å²) in [6, 6.07) is 16.4. The largest absolute Gasteiger partial charge is 0.381 e. The van der Waals surface area contributed by atoms with Gasteiger partial charge in [-0.15, -0.1) is 0 Å². The highest BCUT2D eigenvalue weighted by molar-refractivity contribution is 5.83. The number of aliphatic hydroxyl groups is 1. The van der Waals surface area contributed by atoms with E-state index in [2.05, 4.69) is 15.4 Å². The average Bonchev–Trinajstić information content (AvgIpc) is 3.35. The first kappa shape index (κ1) is 24.2. The maximum Gasteiger partial charge on any atom is 0.227 e. The summed E-state index contributed by atoms with van der Waals surface area (Å²) in [5.41, 5.74) is -0.597. The second kappa shape index (κ2) is 10.1. The van der Waals surface area contributed by atoms with Crippen LogP contribution in [-0.4, -0.2) is 32.3 Å². The molecule has 0 bridgehead atoms. The normalized spacial score (nSPS) is 13.7. The molecule has 1 amide bonds. The van der Waals surface area contributed by atoms with Crippen molar-refractivity contribution in [2.24, 2.45) is 0 Å². The van der Waals surface area contributed by atoms with E-state index in [1.165, 1.54) is 23.4 Å². The van der Waals surface area contributed by atoms with Crippen LogP contribution in [0.5, 0.6) is 0 Å². The summed E-state index contributed by atoms with van der Waals surface area (Å²) in [6.07, 6.45) is 2.57. The summed E-state index contributed by atoms with van der Waals surface area (Å²) in [6.45, 7) is 0.953. The fourth-order valence-electron chi connectivity index (χ4n) is 3.88. The third-order valence-electron chi connectivity index (χ3n) is 5.85. The number of benzene rings is 3. The molecule has 0 spiro atoms. The second-order valence-corrected chi connectivity index (χ2v) is 8.29. The Bertz CT molecular complexity index is 1320. The highest BCUT2D eigenvalue weighted by Gasteiger charge is 2.34. The molecule has 180 valence electrons. The van der Waals surface area contributed by atoms with E-state index in [0.29, 0.717) is 22.8 Å². The van der Waals surface area contributed by atoms with Crippen LogP contribution in [0.1, 0.15) is 24.0 Å². The van der Waals surface area contributed by atoms with Gasteiger partial charge in [0.05, 0.1) is 19.0 Å². The van der Waals surface area contributed by atoms with Gasteiger partial charge in [0, 0.05) is 17.2 Å². The lowest BCUT2D eigenvalue weighted by Gasteiger charge is -2.29. The Hall–Kier alpha value is -3.98. The highest BCUT2D eigenvalue weighted by atomic mass is 19.1. The zero-order valence-corrected chi connectivity index (χ0v) is 18.8. The first-order valence-electron chi connectivity index (χ1n) is 10.9. The van der Waals surface area contributed by atoms with E-state index in [1.54, 1.807) is 31.2 Å². The molecule has 2 atom stereocenters. The number of nitrogens with zero attached hydrogens (tertiary/aromatic N) is 3. The summed E-state index contributed by atoms with van der Waals surface area (Å²) in [5.74, 6) is -3.50. The summed E-state index contributed by atoms with van der Waals surface area (Å²) < 4.78 is 44.0. The van der Waals surface area contributed by atoms with Crippen LogP contribution >= 0.6 is 0 Å². The lowest BCUT2D eigenvalue weighted by Crippen LogP contribution is -2.45. The molecule has 0 radical (unpaired) electrons. The standard InChI is InChI=1S/C26H23F3N4O2/c1-17(19-7-9-21(23(28)11-19)18-5-3-2-4-6-18)25(34)31-13-26(35,14-33-16-30-15-32-33)22-10-8-20(27)12-24(22)29/h2-12,15-17,35H,13-14H2,1H3,(H,31,34)/t17-,26+/m1/s1. The maximum absolute atomic E-state index is 14.8. The Morgan fingerprint density at radius 3 is 2.49 bits per heavy atom. The first-order valence-corrected chi connectivity index (χ1v) is 10.9. The molecule has 9 heteroatoms. The zero-order chi connectivity index (χ0) is 25.0. The number of nitrogens with one attached hydrogen (secondary N) is 1. The number of halogens is 3. The van der Waals surface area contributed by atoms with Crippen molar-refractivity contribution in [2.45, 2.75) is 25.0 Å². The molecule has 0 saturated carbocycles. The zero-order valence-electron chi connectivity index (χ0n) is 18.8. The number of aromatic nitrogens is 3. The van der Waals surface area contributed by atoms with Crippen molar-refractivity contribution in [3.8, 4) is 11.1 Å². The topological polar surface area (TPSA) is 80.0 Å². The van der Waals surface area contributed by atoms with Gasteiger partial charge in [-0.3, -0.25) is 4.79 Å². The molecule has 0 saturated heterocycles. The average molecular weight is 480 g/mol. The predicted molar refractivity (Wildman–Crippen MR) is 124 cm³/mol. The molecular weight excluding hydrogens is 457 g/mol. The smallest absolute Gasteiger partial charge is 0.227 e. The van der Waals surface area contributed by atoms with Crippen molar-refractivity contribution in [2.75, 3.05) is 6.54 Å². The van der Waals surface area contributed by atoms with Gasteiger partial charge in [-0.05, 0) is 30.2 Å². The van der Waals surface area contributed by atoms with Crippen LogP contribution in [0, 0.1) is 17.5 Å². The van der Waals surface area contributed by atoms with Crippen LogP contribution in [0.25, 0.3) is 11.1 Å². The first-order chi connectivity index (χ1) is 16.8. The molecule has 1 aromatic heterocycles. The van der Waals surface area contributed by atoms with Gasteiger partial charge in [-0.2, -0.15) is 5.10 Å². The highest BCUT2D eigenvalue weighted by Crippen LogP contribution is 2.28. The van der Waals surface area contributed by atoms with E-state index in [0.717, 1.165) is 12.1 Å². The predicted octanol–water partition coefficient (Wildman–Crippen LogP) is 4.17. The molecule has 0 unspecified atom stereocenters. The Kier molecular flexibility index (Phi) is 6.97. The van der Waals surface area contributed by atoms with Gasteiger partial charge in [-0.25, -0.2) is 22.8 Å². The molecule has 2 N–H and O–H groups in total. The van der Waals surface area contributed by atoms with Gasteiger partial charge >= 0.3 is 0 Å². The van der Waals surface area contributed by atoms with Crippen LogP contribution in [0.4, 0.5) is 13.2 Å². The summed E-state index contributed by atoms with van der Waals surface area (Å²) in [4.78, 5) is 16.7. The van der Waals surface area contributed by atoms with E-state index < -0.39 is 41.4 Å². The molecule has 0 fully saturated rings. The number of hydrogen-bond donors (Lipinski definition) is 2. The van der Waals surface area contributed by atoms with Gasteiger partial charge in [-0.1, -0.05) is 48.5 Å². The molecule has 4 rings (SSSR count). The minimum absolute atomic E-state index is 0.208. The third kappa shape index (κ3) is 5.41. The molecular formula is C26H23F3N4O2. The van der Waals surface area contributed by atoms with Gasteiger partial charge < -0.3 is 10.4 Å². The van der Waals surface area contributed by atoms with Gasteiger partial charge in [0.1, 0.15) is 35.7 Å². The van der Waals surface area contributed by atoms with E-state index in [-0.39, 0.29) is 12.1 Å². The fourth-order valence-corrected chi connectivity index (χ4v) is 3.88. The number of carbonyl (C=O) groups is 1. The third-order valence-corrected chi connectivity index (χ3v) is 5.85. The van der Waals surface area contributed by atoms with E-state index in [9.17, 15) is 23.1 Å².